The van der Waals surface area contributed by atoms with Gasteiger partial charge in [-0.05, 0) is 48.9 Å². The van der Waals surface area contributed by atoms with Crippen LogP contribution in [0.4, 0.5) is 0 Å². The summed E-state index contributed by atoms with van der Waals surface area (Å²) >= 11 is 0. The van der Waals surface area contributed by atoms with Gasteiger partial charge in [-0.1, -0.05) is 51.7 Å². The summed E-state index contributed by atoms with van der Waals surface area (Å²) in [5, 5.41) is 0.523. The zero-order valence-electron chi connectivity index (χ0n) is 13.4. The van der Waals surface area contributed by atoms with Crippen molar-refractivity contribution in [3.63, 3.8) is 0 Å². The maximum absolute atomic E-state index is 2.58. The zero-order chi connectivity index (χ0) is 13.4. The van der Waals surface area contributed by atoms with E-state index in [2.05, 4.69) is 36.5 Å². The van der Waals surface area contributed by atoms with Gasteiger partial charge >= 0.3 is 0 Å². The van der Waals surface area contributed by atoms with Crippen LogP contribution in [0.1, 0.15) is 72.1 Å². The predicted molar refractivity (Wildman–Crippen MR) is 86.6 cm³/mol. The number of rotatable bonds is 5. The minimum atomic E-state index is 0.523. The molecule has 3 rings (SSSR count). The van der Waals surface area contributed by atoms with Crippen LogP contribution in [0.3, 0.4) is 0 Å². The average molecular weight is 246 g/mol. The van der Waals surface area contributed by atoms with Crippen LogP contribution in [-0.4, -0.2) is 15.7 Å². The van der Waals surface area contributed by atoms with Crippen LogP contribution in [-0.2, 0) is 0 Å². The monoisotopic (exact) mass is 246 g/mol. The second kappa shape index (κ2) is 5.25. The Kier molecular flexibility index (Phi) is 4.24. The summed E-state index contributed by atoms with van der Waals surface area (Å²) < 4.78 is 0. The van der Waals surface area contributed by atoms with Gasteiger partial charge in [-0.15, -0.1) is 0 Å². The van der Waals surface area contributed by atoms with Gasteiger partial charge in [0.15, 0.2) is 0 Å². The molecule has 0 aromatic rings. The third-order valence-electron chi connectivity index (χ3n) is 7.03. The van der Waals surface area contributed by atoms with Gasteiger partial charge in [0.2, 0.25) is 0 Å². The van der Waals surface area contributed by atoms with Crippen molar-refractivity contribution in [1.29, 1.82) is 0 Å². The fraction of sp³-hybridized carbons (Fsp3) is 1.00. The summed E-state index contributed by atoms with van der Waals surface area (Å²) in [7, 11) is 5.17. The maximum atomic E-state index is 2.58. The van der Waals surface area contributed by atoms with Gasteiger partial charge in [0.1, 0.15) is 15.7 Å². The van der Waals surface area contributed by atoms with E-state index < -0.39 is 0 Å². The molecule has 2 bridgehead atoms. The Hall–Kier alpha value is 0.130. The molecule has 0 saturated heterocycles. The largest absolute Gasteiger partial charge is 0.100 e. The summed E-state index contributed by atoms with van der Waals surface area (Å²) in [6.07, 6.45) is 11.8. The van der Waals surface area contributed by atoms with Gasteiger partial charge in [-0.25, -0.2) is 0 Å². The normalized spacial score (nSPS) is 35.4. The Labute approximate surface area is 117 Å². The minimum absolute atomic E-state index is 0.523. The quantitative estimate of drug-likeness (QED) is 0.652. The Morgan fingerprint density at radius 1 is 1.00 bits per heavy atom. The van der Waals surface area contributed by atoms with Gasteiger partial charge in [0.05, 0.1) is 0 Å². The Balaban J connectivity index is 2.12. The van der Waals surface area contributed by atoms with Crippen molar-refractivity contribution in [3.8, 4) is 0 Å². The molecule has 0 amide bonds. The molecule has 3 aliphatic rings. The molecule has 0 radical (unpaired) electrons. The van der Waals surface area contributed by atoms with Crippen LogP contribution in [0.25, 0.3) is 0 Å². The highest BCUT2D eigenvalue weighted by atomic mass is 14.5. The first-order chi connectivity index (χ1) is 8.43. The van der Waals surface area contributed by atoms with Gasteiger partial charge in [-0.2, -0.15) is 0 Å². The Morgan fingerprint density at radius 2 is 1.67 bits per heavy atom. The molecular formula is C16H32B2. The molecule has 0 spiro atoms. The van der Waals surface area contributed by atoms with E-state index in [9.17, 15) is 0 Å². The topological polar surface area (TPSA) is 0 Å². The molecule has 102 valence electrons. The van der Waals surface area contributed by atoms with Crippen LogP contribution in [0, 0.1) is 23.2 Å². The highest BCUT2D eigenvalue weighted by Crippen LogP contribution is 2.58. The van der Waals surface area contributed by atoms with Crippen LogP contribution in [0.15, 0.2) is 0 Å². The fourth-order valence-electron chi connectivity index (χ4n) is 4.91. The van der Waals surface area contributed by atoms with Gasteiger partial charge in [0.25, 0.3) is 0 Å². The van der Waals surface area contributed by atoms with E-state index in [-0.39, 0.29) is 0 Å². The van der Waals surface area contributed by atoms with Crippen molar-refractivity contribution in [2.75, 3.05) is 0 Å². The molecule has 3 saturated carbocycles. The lowest BCUT2D eigenvalue weighted by atomic mass is 9.35. The maximum Gasteiger partial charge on any atom is 0.100 e. The smallest absolute Gasteiger partial charge is 0.0766 e. The number of hydrogen-bond acceptors (Lipinski definition) is 0. The summed E-state index contributed by atoms with van der Waals surface area (Å²) in [6.45, 7) is 7.33. The molecule has 2 heteroatoms. The summed E-state index contributed by atoms with van der Waals surface area (Å²) in [5.74, 6) is 3.17. The minimum Gasteiger partial charge on any atom is -0.0766 e. The Bertz CT molecular complexity index is 281. The van der Waals surface area contributed by atoms with Crippen molar-refractivity contribution in [2.45, 2.75) is 77.4 Å². The van der Waals surface area contributed by atoms with E-state index in [1.807, 2.05) is 0 Å². The average Bonchev–Trinajstić information content (AvgIpc) is 2.61. The third-order valence-corrected chi connectivity index (χ3v) is 7.03. The predicted octanol–water partition coefficient (Wildman–Crippen LogP) is 3.41. The zero-order valence-corrected chi connectivity index (χ0v) is 13.4. The molecule has 3 aliphatic carbocycles. The van der Waals surface area contributed by atoms with E-state index in [0.717, 1.165) is 17.8 Å². The molecule has 0 nitrogen and oxygen atoms in total. The van der Waals surface area contributed by atoms with E-state index in [1.165, 1.54) is 38.5 Å². The van der Waals surface area contributed by atoms with Gasteiger partial charge in [0, 0.05) is 0 Å². The van der Waals surface area contributed by atoms with Gasteiger partial charge in [-0.3, -0.25) is 0 Å². The van der Waals surface area contributed by atoms with Crippen molar-refractivity contribution < 1.29 is 0 Å². The first-order valence-corrected chi connectivity index (χ1v) is 8.43. The molecule has 0 aliphatic heterocycles. The summed E-state index contributed by atoms with van der Waals surface area (Å²) in [4.78, 5) is 0. The third kappa shape index (κ3) is 2.41. The summed E-state index contributed by atoms with van der Waals surface area (Å²) in [5.41, 5.74) is 0.543. The second-order valence-corrected chi connectivity index (χ2v) is 8.10. The van der Waals surface area contributed by atoms with Crippen LogP contribution in [0.2, 0.25) is 5.21 Å². The van der Waals surface area contributed by atoms with Crippen LogP contribution < -0.4 is 0 Å². The van der Waals surface area contributed by atoms with Crippen molar-refractivity contribution in [2.24, 2.45) is 23.2 Å². The molecule has 2 atom stereocenters. The SMILES string of the molecule is BC(B)(C1CCC2CC(C2)C1)C(C)(CC)CCC. The van der Waals surface area contributed by atoms with Crippen LogP contribution >= 0.6 is 0 Å². The van der Waals surface area contributed by atoms with E-state index in [0.29, 0.717) is 10.6 Å². The molecule has 18 heavy (non-hydrogen) atoms. The van der Waals surface area contributed by atoms with Crippen molar-refractivity contribution in [1.82, 2.24) is 0 Å². The number of hydrogen-bond donors (Lipinski definition) is 0. The summed E-state index contributed by atoms with van der Waals surface area (Å²) in [6, 6.07) is 0. The van der Waals surface area contributed by atoms with E-state index in [4.69, 9.17) is 0 Å². The van der Waals surface area contributed by atoms with E-state index in [1.54, 1.807) is 12.8 Å². The highest BCUT2D eigenvalue weighted by Gasteiger charge is 2.47. The second-order valence-electron chi connectivity index (χ2n) is 8.10. The first kappa shape index (κ1) is 14.5. The molecule has 0 N–H and O–H groups in total. The fourth-order valence-corrected chi connectivity index (χ4v) is 4.91. The molecule has 0 heterocycles. The van der Waals surface area contributed by atoms with Crippen LogP contribution in [0.5, 0.6) is 0 Å². The first-order valence-electron chi connectivity index (χ1n) is 8.43. The highest BCUT2D eigenvalue weighted by molar-refractivity contribution is 6.40. The van der Waals surface area contributed by atoms with Gasteiger partial charge < -0.3 is 0 Å². The lowest BCUT2D eigenvalue weighted by Crippen LogP contribution is -2.41. The molecular weight excluding hydrogens is 214 g/mol. The van der Waals surface area contributed by atoms with Crippen molar-refractivity contribution >= 4 is 15.7 Å². The lowest BCUT2D eigenvalue weighted by molar-refractivity contribution is 0.150. The standard InChI is InChI=1S/C16H32B2/c1-4-8-15(3,5-2)16(17,18)14-7-6-12-9-13(10-12)11-14/h12-14H,4-11,17-18H2,1-3H3. The van der Waals surface area contributed by atoms with Crippen molar-refractivity contribution in [3.05, 3.63) is 0 Å². The molecule has 2 unspecified atom stereocenters. The Morgan fingerprint density at radius 3 is 2.22 bits per heavy atom. The lowest BCUT2D eigenvalue weighted by Gasteiger charge is -2.50. The molecule has 0 aromatic heterocycles. The number of fused-ring (bicyclic) bond motifs is 3. The molecule has 3 fully saturated rings. The molecule has 0 aromatic carbocycles. The van der Waals surface area contributed by atoms with E-state index >= 15 is 0 Å².